The van der Waals surface area contributed by atoms with Gasteiger partial charge in [0.15, 0.2) is 6.10 Å². The highest BCUT2D eigenvalue weighted by molar-refractivity contribution is 5.71. The molecule has 0 heterocycles. The largest absolute Gasteiger partial charge is 0.462 e. The number of ether oxygens (including phenoxy) is 3. The van der Waals surface area contributed by atoms with Crippen LogP contribution in [0.4, 0.5) is 0 Å². The predicted octanol–water partition coefficient (Wildman–Crippen LogP) is 24.2. The van der Waals surface area contributed by atoms with Gasteiger partial charge in [-0.2, -0.15) is 0 Å². The van der Waals surface area contributed by atoms with Crippen molar-refractivity contribution in [2.24, 2.45) is 0 Å². The molecule has 0 aliphatic carbocycles. The van der Waals surface area contributed by atoms with E-state index in [4.69, 9.17) is 14.2 Å². The first-order valence-corrected chi connectivity index (χ1v) is 35.1. The second kappa shape index (κ2) is 69.1. The van der Waals surface area contributed by atoms with Gasteiger partial charge in [0.05, 0.1) is 0 Å². The molecule has 0 amide bonds. The van der Waals surface area contributed by atoms with Gasteiger partial charge in [0.25, 0.3) is 0 Å². The lowest BCUT2D eigenvalue weighted by Gasteiger charge is -2.18. The second-order valence-corrected chi connectivity index (χ2v) is 23.4. The highest BCUT2D eigenvalue weighted by atomic mass is 16.6. The number of allylic oxidation sites excluding steroid dienone is 14. The Kier molecular flexibility index (Phi) is 66.2. The molecule has 0 radical (unpaired) electrons. The minimum atomic E-state index is -0.799. The maximum Gasteiger partial charge on any atom is 0.306 e. The lowest BCUT2D eigenvalue weighted by Crippen LogP contribution is -2.30. The van der Waals surface area contributed by atoms with Gasteiger partial charge in [0, 0.05) is 19.3 Å². The fraction of sp³-hybridized carbons (Fsp3) is 0.773. The van der Waals surface area contributed by atoms with E-state index in [1.54, 1.807) is 0 Å². The van der Waals surface area contributed by atoms with Gasteiger partial charge >= 0.3 is 17.9 Å². The van der Waals surface area contributed by atoms with E-state index in [0.717, 1.165) is 109 Å². The van der Waals surface area contributed by atoms with Crippen molar-refractivity contribution in [2.45, 2.75) is 361 Å². The van der Waals surface area contributed by atoms with Gasteiger partial charge in [-0.1, -0.05) is 324 Å². The first kappa shape index (κ1) is 77.6. The predicted molar refractivity (Wildman–Crippen MR) is 353 cm³/mol. The first-order chi connectivity index (χ1) is 40.0. The smallest absolute Gasteiger partial charge is 0.306 e. The van der Waals surface area contributed by atoms with Crippen LogP contribution >= 0.6 is 0 Å². The summed E-state index contributed by atoms with van der Waals surface area (Å²) in [6.07, 6.45) is 91.8. The average Bonchev–Trinajstić information content (AvgIpc) is 3.47. The number of carbonyl (C=O) groups is 3. The molecule has 0 aliphatic heterocycles. The minimum Gasteiger partial charge on any atom is -0.462 e. The third kappa shape index (κ3) is 67.3. The number of hydrogen-bond acceptors (Lipinski definition) is 6. The molecule has 1 atom stereocenters. The van der Waals surface area contributed by atoms with Crippen LogP contribution in [0.3, 0.4) is 0 Å². The van der Waals surface area contributed by atoms with Crippen molar-refractivity contribution >= 4 is 17.9 Å². The number of hydrogen-bond donors (Lipinski definition) is 0. The molecule has 0 spiro atoms. The Balaban J connectivity index is 4.35. The van der Waals surface area contributed by atoms with Crippen molar-refractivity contribution < 1.29 is 28.6 Å². The number of carbonyl (C=O) groups excluding carboxylic acids is 3. The Morgan fingerprint density at radius 1 is 0.259 bits per heavy atom. The Bertz CT molecular complexity index is 1530. The summed E-state index contributed by atoms with van der Waals surface area (Å²) in [5, 5.41) is 0. The van der Waals surface area contributed by atoms with Crippen LogP contribution in [0.2, 0.25) is 0 Å². The zero-order valence-corrected chi connectivity index (χ0v) is 53.8. The normalized spacial score (nSPS) is 12.6. The molecule has 0 saturated carbocycles. The fourth-order valence-corrected chi connectivity index (χ4v) is 10.2. The third-order valence-electron chi connectivity index (χ3n) is 15.4. The number of esters is 3. The summed E-state index contributed by atoms with van der Waals surface area (Å²) in [4.78, 5) is 38.4. The van der Waals surface area contributed by atoms with Gasteiger partial charge in [0.1, 0.15) is 13.2 Å². The van der Waals surface area contributed by atoms with E-state index in [0.29, 0.717) is 12.8 Å². The molecule has 0 aliphatic rings. The molecular weight excluding hydrogens is 997 g/mol. The zero-order chi connectivity index (χ0) is 58.5. The third-order valence-corrected chi connectivity index (χ3v) is 15.4. The Hall–Kier alpha value is -3.41. The molecule has 468 valence electrons. The van der Waals surface area contributed by atoms with E-state index < -0.39 is 6.10 Å². The maximum atomic E-state index is 12.9. The molecule has 0 N–H and O–H groups in total. The zero-order valence-electron chi connectivity index (χ0n) is 53.8. The molecule has 0 fully saturated rings. The second-order valence-electron chi connectivity index (χ2n) is 23.4. The van der Waals surface area contributed by atoms with Crippen LogP contribution in [0.5, 0.6) is 0 Å². The summed E-state index contributed by atoms with van der Waals surface area (Å²) in [6.45, 7) is 6.53. The van der Waals surface area contributed by atoms with E-state index in [9.17, 15) is 14.4 Å². The van der Waals surface area contributed by atoms with E-state index in [1.165, 1.54) is 205 Å². The van der Waals surface area contributed by atoms with Gasteiger partial charge in [0.2, 0.25) is 0 Å². The Morgan fingerprint density at radius 3 is 0.778 bits per heavy atom. The van der Waals surface area contributed by atoms with Crippen LogP contribution < -0.4 is 0 Å². The van der Waals surface area contributed by atoms with E-state index in [2.05, 4.69) is 106 Å². The quantitative estimate of drug-likeness (QED) is 0.0261. The molecule has 0 aromatic rings. The van der Waals surface area contributed by atoms with Crippen molar-refractivity contribution in [2.75, 3.05) is 13.2 Å². The Labute approximate surface area is 503 Å². The molecule has 81 heavy (non-hydrogen) atoms. The molecule has 0 saturated heterocycles. The van der Waals surface area contributed by atoms with Gasteiger partial charge in [-0.3, -0.25) is 14.4 Å². The molecular formula is C75H132O6. The summed E-state index contributed by atoms with van der Waals surface area (Å²) in [6, 6.07) is 0. The van der Waals surface area contributed by atoms with Crippen molar-refractivity contribution in [3.05, 3.63) is 85.1 Å². The molecule has 0 aromatic carbocycles. The lowest BCUT2D eigenvalue weighted by molar-refractivity contribution is -0.167. The average molecular weight is 1130 g/mol. The van der Waals surface area contributed by atoms with Crippen LogP contribution in [0.25, 0.3) is 0 Å². The van der Waals surface area contributed by atoms with Crippen LogP contribution in [0, 0.1) is 0 Å². The van der Waals surface area contributed by atoms with Crippen LogP contribution in [-0.4, -0.2) is 37.2 Å². The number of unbranched alkanes of at least 4 members (excludes halogenated alkanes) is 39. The summed E-state index contributed by atoms with van der Waals surface area (Å²) < 4.78 is 17.0. The van der Waals surface area contributed by atoms with E-state index in [1.807, 2.05) is 0 Å². The van der Waals surface area contributed by atoms with E-state index in [-0.39, 0.29) is 37.5 Å². The summed E-state index contributed by atoms with van der Waals surface area (Å²) >= 11 is 0. The standard InChI is InChI=1S/C75H132O6/c1-4-7-10-13-16-19-22-25-28-31-34-35-36-37-38-39-40-42-44-47-50-53-56-59-62-65-68-74(77)80-71-72(70-79-73(76)67-64-61-58-55-52-49-46-43-33-30-27-24-21-18-15-12-9-6-3)81-75(78)69-66-63-60-57-54-51-48-45-41-32-29-26-23-20-17-14-11-8-5-2/h8,11,17,20-21,24,26,29-30,33,41,45,51,54,72H,4-7,9-10,12-16,18-19,22-23,25,27-28,31-32,34-40,42-44,46-50,52-53,55-71H2,1-3H3/b11-8-,20-17-,24-21-,29-26-,33-30-,45-41-,54-51-. The van der Waals surface area contributed by atoms with E-state index >= 15 is 0 Å². The maximum absolute atomic E-state index is 12.9. The molecule has 6 heteroatoms. The lowest BCUT2D eigenvalue weighted by atomic mass is 10.0. The molecule has 1 unspecified atom stereocenters. The van der Waals surface area contributed by atoms with Crippen molar-refractivity contribution in [1.82, 2.24) is 0 Å². The summed E-state index contributed by atoms with van der Waals surface area (Å²) in [7, 11) is 0. The van der Waals surface area contributed by atoms with Crippen LogP contribution in [0.1, 0.15) is 355 Å². The Morgan fingerprint density at radius 2 is 0.481 bits per heavy atom. The highest BCUT2D eigenvalue weighted by Gasteiger charge is 2.19. The molecule has 0 bridgehead atoms. The molecule has 0 aromatic heterocycles. The van der Waals surface area contributed by atoms with Gasteiger partial charge in [-0.05, 0) is 96.3 Å². The van der Waals surface area contributed by atoms with Crippen molar-refractivity contribution in [3.63, 3.8) is 0 Å². The van der Waals surface area contributed by atoms with Crippen LogP contribution in [0.15, 0.2) is 85.1 Å². The fourth-order valence-electron chi connectivity index (χ4n) is 10.2. The molecule has 0 rings (SSSR count). The molecule has 6 nitrogen and oxygen atoms in total. The minimum absolute atomic E-state index is 0.0898. The summed E-state index contributed by atoms with van der Waals surface area (Å²) in [5.74, 6) is -0.912. The van der Waals surface area contributed by atoms with Crippen molar-refractivity contribution in [1.29, 1.82) is 0 Å². The van der Waals surface area contributed by atoms with Crippen LogP contribution in [-0.2, 0) is 28.6 Å². The van der Waals surface area contributed by atoms with Gasteiger partial charge in [-0.15, -0.1) is 0 Å². The topological polar surface area (TPSA) is 78.9 Å². The monoisotopic (exact) mass is 1130 g/mol. The first-order valence-electron chi connectivity index (χ1n) is 35.1. The highest BCUT2D eigenvalue weighted by Crippen LogP contribution is 2.18. The van der Waals surface area contributed by atoms with Gasteiger partial charge < -0.3 is 14.2 Å². The van der Waals surface area contributed by atoms with Crippen molar-refractivity contribution in [3.8, 4) is 0 Å². The number of rotatable bonds is 64. The summed E-state index contributed by atoms with van der Waals surface area (Å²) in [5.41, 5.74) is 0. The van der Waals surface area contributed by atoms with Gasteiger partial charge in [-0.25, -0.2) is 0 Å². The SMILES string of the molecule is CC/C=C\C/C=C\C/C=C\C/C=C\C/C=C\CCCCCC(=O)OC(COC(=O)CCCCCCCCC/C=C\C/C=C\CCCCCC)COC(=O)CCCCCCCCCCCCCCCCCCCCCCCCCCCC.